The van der Waals surface area contributed by atoms with Crippen molar-refractivity contribution in [3.63, 3.8) is 0 Å². The second-order valence-electron chi connectivity index (χ2n) is 2.62. The van der Waals surface area contributed by atoms with Gasteiger partial charge in [0, 0.05) is 7.11 Å². The summed E-state index contributed by atoms with van der Waals surface area (Å²) in [4.78, 5) is 0. The maximum atomic E-state index is 5.53. The first-order chi connectivity index (χ1) is 4.81. The van der Waals surface area contributed by atoms with E-state index in [4.69, 9.17) is 10.5 Å². The molecule has 0 amide bonds. The van der Waals surface area contributed by atoms with Gasteiger partial charge in [0.1, 0.15) is 6.23 Å². The second kappa shape index (κ2) is 7.03. The van der Waals surface area contributed by atoms with Gasteiger partial charge in [0.05, 0.1) is 0 Å². The number of hydrogen-bond donors (Lipinski definition) is 1. The van der Waals surface area contributed by atoms with E-state index >= 15 is 0 Å². The molecule has 1 atom stereocenters. The van der Waals surface area contributed by atoms with E-state index in [9.17, 15) is 0 Å². The molecule has 0 unspecified atom stereocenters. The van der Waals surface area contributed by atoms with E-state index in [1.165, 1.54) is 25.7 Å². The lowest BCUT2D eigenvalue weighted by Gasteiger charge is -2.07. The highest BCUT2D eigenvalue weighted by molar-refractivity contribution is 4.47. The van der Waals surface area contributed by atoms with Crippen LogP contribution in [0.5, 0.6) is 0 Å². The highest BCUT2D eigenvalue weighted by Gasteiger charge is 1.97. The molecule has 2 N–H and O–H groups in total. The van der Waals surface area contributed by atoms with E-state index in [2.05, 4.69) is 6.92 Å². The Bertz CT molecular complexity index is 66.3. The first-order valence-electron chi connectivity index (χ1n) is 4.09. The molecule has 0 saturated carbocycles. The summed E-state index contributed by atoms with van der Waals surface area (Å²) in [5, 5.41) is 0. The molecule has 0 aliphatic carbocycles. The molecule has 0 aliphatic heterocycles. The second-order valence-corrected chi connectivity index (χ2v) is 2.62. The van der Waals surface area contributed by atoms with Gasteiger partial charge in [-0.1, -0.05) is 26.2 Å². The predicted molar refractivity (Wildman–Crippen MR) is 43.7 cm³/mol. The third-order valence-electron chi connectivity index (χ3n) is 1.64. The molecule has 0 aliphatic rings. The fourth-order valence-corrected chi connectivity index (χ4v) is 0.890. The summed E-state index contributed by atoms with van der Waals surface area (Å²) in [6.07, 6.45) is 6.03. The maximum Gasteiger partial charge on any atom is 0.105 e. The van der Waals surface area contributed by atoms with E-state index in [1.807, 2.05) is 0 Å². The Labute approximate surface area is 63.7 Å². The SMILES string of the molecule is CCCCCC[C@H](N)OC. The van der Waals surface area contributed by atoms with Gasteiger partial charge in [-0.05, 0) is 12.8 Å². The minimum absolute atomic E-state index is 0.0446. The average molecular weight is 145 g/mol. The topological polar surface area (TPSA) is 35.2 Å². The van der Waals surface area contributed by atoms with Crippen molar-refractivity contribution in [2.45, 2.75) is 45.3 Å². The smallest absolute Gasteiger partial charge is 0.105 e. The van der Waals surface area contributed by atoms with Crippen molar-refractivity contribution >= 4 is 0 Å². The van der Waals surface area contributed by atoms with Crippen LogP contribution in [0.2, 0.25) is 0 Å². The average Bonchev–Trinajstić information content (AvgIpc) is 1.98. The van der Waals surface area contributed by atoms with Gasteiger partial charge in [0.25, 0.3) is 0 Å². The van der Waals surface area contributed by atoms with Crippen LogP contribution in [0.3, 0.4) is 0 Å². The Morgan fingerprint density at radius 3 is 2.50 bits per heavy atom. The van der Waals surface area contributed by atoms with Crippen molar-refractivity contribution in [1.29, 1.82) is 0 Å². The molecule has 0 heterocycles. The van der Waals surface area contributed by atoms with E-state index in [-0.39, 0.29) is 6.23 Å². The Balaban J connectivity index is 2.89. The lowest BCUT2D eigenvalue weighted by molar-refractivity contribution is 0.0984. The Kier molecular flexibility index (Phi) is 6.98. The molecule has 0 radical (unpaired) electrons. The van der Waals surface area contributed by atoms with Gasteiger partial charge in [-0.15, -0.1) is 0 Å². The molecule has 2 heteroatoms. The number of ether oxygens (including phenoxy) is 1. The quantitative estimate of drug-likeness (QED) is 0.457. The van der Waals surface area contributed by atoms with E-state index in [1.54, 1.807) is 7.11 Å². The van der Waals surface area contributed by atoms with Gasteiger partial charge >= 0.3 is 0 Å². The normalized spacial score (nSPS) is 13.5. The van der Waals surface area contributed by atoms with E-state index in [0.29, 0.717) is 0 Å². The summed E-state index contributed by atoms with van der Waals surface area (Å²) in [7, 11) is 1.66. The summed E-state index contributed by atoms with van der Waals surface area (Å²) in [6, 6.07) is 0. The summed E-state index contributed by atoms with van der Waals surface area (Å²) in [6.45, 7) is 2.20. The molecular weight excluding hydrogens is 126 g/mol. The molecule has 0 aromatic carbocycles. The third kappa shape index (κ3) is 6.05. The van der Waals surface area contributed by atoms with E-state index < -0.39 is 0 Å². The number of rotatable bonds is 6. The molecule has 2 nitrogen and oxygen atoms in total. The van der Waals surface area contributed by atoms with Gasteiger partial charge in [-0.2, -0.15) is 0 Å². The zero-order valence-electron chi connectivity index (χ0n) is 7.10. The molecule has 0 aromatic heterocycles. The van der Waals surface area contributed by atoms with Crippen LogP contribution >= 0.6 is 0 Å². The van der Waals surface area contributed by atoms with Crippen LogP contribution in [-0.4, -0.2) is 13.3 Å². The van der Waals surface area contributed by atoms with Gasteiger partial charge in [-0.3, -0.25) is 0 Å². The van der Waals surface area contributed by atoms with Crippen LogP contribution in [-0.2, 0) is 4.74 Å². The minimum Gasteiger partial charge on any atom is -0.367 e. The molecule has 62 valence electrons. The van der Waals surface area contributed by atoms with Crippen LogP contribution in [0.1, 0.15) is 39.0 Å². The number of hydrogen-bond acceptors (Lipinski definition) is 2. The van der Waals surface area contributed by atoms with Gasteiger partial charge in [0.2, 0.25) is 0 Å². The summed E-state index contributed by atoms with van der Waals surface area (Å²) in [5.41, 5.74) is 5.53. The largest absolute Gasteiger partial charge is 0.367 e. The molecule has 0 bridgehead atoms. The lowest BCUT2D eigenvalue weighted by atomic mass is 10.1. The molecule has 0 aromatic rings. The van der Waals surface area contributed by atoms with Crippen molar-refractivity contribution < 1.29 is 4.74 Å². The molecular formula is C8H19NO. The summed E-state index contributed by atoms with van der Waals surface area (Å²) >= 11 is 0. The van der Waals surface area contributed by atoms with Crippen LogP contribution < -0.4 is 5.73 Å². The number of methoxy groups -OCH3 is 1. The highest BCUT2D eigenvalue weighted by Crippen LogP contribution is 2.03. The standard InChI is InChI=1S/C8H19NO/c1-3-4-5-6-7-8(9)10-2/h8H,3-7,9H2,1-2H3/t8-/m1/s1. The van der Waals surface area contributed by atoms with Crippen molar-refractivity contribution in [3.05, 3.63) is 0 Å². The first-order valence-corrected chi connectivity index (χ1v) is 4.09. The van der Waals surface area contributed by atoms with Crippen molar-refractivity contribution in [2.75, 3.05) is 7.11 Å². The van der Waals surface area contributed by atoms with Crippen LogP contribution in [0, 0.1) is 0 Å². The summed E-state index contributed by atoms with van der Waals surface area (Å²) in [5.74, 6) is 0. The molecule has 0 fully saturated rings. The maximum absolute atomic E-state index is 5.53. The van der Waals surface area contributed by atoms with E-state index in [0.717, 1.165) is 6.42 Å². The lowest BCUT2D eigenvalue weighted by Crippen LogP contribution is -2.21. The molecule has 0 rings (SSSR count). The van der Waals surface area contributed by atoms with Crippen molar-refractivity contribution in [3.8, 4) is 0 Å². The Morgan fingerprint density at radius 2 is 2.00 bits per heavy atom. The molecule has 0 saturated heterocycles. The van der Waals surface area contributed by atoms with Gasteiger partial charge in [0.15, 0.2) is 0 Å². The van der Waals surface area contributed by atoms with Crippen LogP contribution in [0.15, 0.2) is 0 Å². The zero-order valence-corrected chi connectivity index (χ0v) is 7.10. The number of nitrogens with two attached hydrogens (primary N) is 1. The van der Waals surface area contributed by atoms with Crippen LogP contribution in [0.4, 0.5) is 0 Å². The van der Waals surface area contributed by atoms with Gasteiger partial charge < -0.3 is 10.5 Å². The predicted octanol–water partition coefficient (Wildman–Crippen LogP) is 1.89. The van der Waals surface area contributed by atoms with Crippen molar-refractivity contribution in [2.24, 2.45) is 5.73 Å². The Hall–Kier alpha value is -0.0800. The zero-order chi connectivity index (χ0) is 7.82. The van der Waals surface area contributed by atoms with Crippen LogP contribution in [0.25, 0.3) is 0 Å². The fourth-order valence-electron chi connectivity index (χ4n) is 0.890. The number of unbranched alkanes of at least 4 members (excludes halogenated alkanes) is 3. The molecule has 10 heavy (non-hydrogen) atoms. The monoisotopic (exact) mass is 145 g/mol. The molecule has 0 spiro atoms. The fraction of sp³-hybridized carbons (Fsp3) is 1.00. The highest BCUT2D eigenvalue weighted by atomic mass is 16.5. The summed E-state index contributed by atoms with van der Waals surface area (Å²) < 4.78 is 4.91. The first kappa shape index (κ1) is 9.92. The Morgan fingerprint density at radius 1 is 1.30 bits per heavy atom. The minimum atomic E-state index is -0.0446. The van der Waals surface area contributed by atoms with Crippen molar-refractivity contribution in [1.82, 2.24) is 0 Å². The van der Waals surface area contributed by atoms with Gasteiger partial charge in [-0.25, -0.2) is 0 Å². The third-order valence-corrected chi connectivity index (χ3v) is 1.64.